The number of hydrogen-bond acceptors (Lipinski definition) is 3. The molecule has 16 heavy (non-hydrogen) atoms. The van der Waals surface area contributed by atoms with Crippen LogP contribution in [0.5, 0.6) is 0 Å². The van der Waals surface area contributed by atoms with E-state index in [2.05, 4.69) is 5.32 Å². The number of carbonyl (C=O) groups is 1. The van der Waals surface area contributed by atoms with Crippen LogP contribution in [0, 0.1) is 5.41 Å². The van der Waals surface area contributed by atoms with Gasteiger partial charge in [0.1, 0.15) is 11.4 Å². The van der Waals surface area contributed by atoms with E-state index in [0.717, 1.165) is 13.0 Å². The van der Waals surface area contributed by atoms with E-state index < -0.39 is 5.60 Å². The van der Waals surface area contributed by atoms with Crippen molar-refractivity contribution < 1.29 is 9.53 Å². The van der Waals surface area contributed by atoms with Crippen molar-refractivity contribution in [3.8, 4) is 0 Å². The summed E-state index contributed by atoms with van der Waals surface area (Å²) < 4.78 is 5.31. The monoisotopic (exact) mass is 227 g/mol. The average molecular weight is 227 g/mol. The van der Waals surface area contributed by atoms with E-state index in [-0.39, 0.29) is 12.1 Å². The summed E-state index contributed by atoms with van der Waals surface area (Å²) >= 11 is 0. The first-order chi connectivity index (χ1) is 7.29. The maximum absolute atomic E-state index is 11.9. The topological polar surface area (TPSA) is 65.4 Å². The van der Waals surface area contributed by atoms with Gasteiger partial charge in [-0.3, -0.25) is 10.3 Å². The van der Waals surface area contributed by atoms with Crippen molar-refractivity contribution in [3.63, 3.8) is 0 Å². The smallest absolute Gasteiger partial charge is 0.410 e. The van der Waals surface area contributed by atoms with Gasteiger partial charge in [-0.2, -0.15) is 0 Å². The summed E-state index contributed by atoms with van der Waals surface area (Å²) in [6, 6.07) is 0.102. The van der Waals surface area contributed by atoms with Crippen molar-refractivity contribution >= 4 is 11.9 Å². The largest absolute Gasteiger partial charge is 0.444 e. The van der Waals surface area contributed by atoms with Gasteiger partial charge in [0.15, 0.2) is 0 Å². The average Bonchev–Trinajstić information content (AvgIpc) is 2.25. The van der Waals surface area contributed by atoms with Gasteiger partial charge in [-0.25, -0.2) is 4.79 Å². The van der Waals surface area contributed by atoms with Crippen LogP contribution in [0.2, 0.25) is 0 Å². The third-order valence-corrected chi connectivity index (χ3v) is 2.39. The summed E-state index contributed by atoms with van der Waals surface area (Å²) in [7, 11) is 0. The van der Waals surface area contributed by atoms with Crippen molar-refractivity contribution in [1.82, 2.24) is 10.2 Å². The number of amides is 1. The molecule has 0 bridgehead atoms. The van der Waals surface area contributed by atoms with Gasteiger partial charge < -0.3 is 10.1 Å². The normalized spacial score (nSPS) is 22.4. The summed E-state index contributed by atoms with van der Waals surface area (Å²) in [5.74, 6) is 0.371. The van der Waals surface area contributed by atoms with Crippen LogP contribution in [0.4, 0.5) is 4.79 Å². The molecule has 5 nitrogen and oxygen atoms in total. The van der Waals surface area contributed by atoms with E-state index in [1.165, 1.54) is 0 Å². The second-order valence-electron chi connectivity index (χ2n) is 5.15. The van der Waals surface area contributed by atoms with Crippen molar-refractivity contribution in [3.05, 3.63) is 0 Å². The number of carbonyl (C=O) groups excluding carboxylic acids is 1. The molecule has 0 saturated carbocycles. The van der Waals surface area contributed by atoms with Crippen LogP contribution in [0.3, 0.4) is 0 Å². The Balaban J connectivity index is 2.68. The fraction of sp³-hybridized carbons (Fsp3) is 0.818. The summed E-state index contributed by atoms with van der Waals surface area (Å²) in [4.78, 5) is 13.5. The highest BCUT2D eigenvalue weighted by molar-refractivity contribution is 5.85. The summed E-state index contributed by atoms with van der Waals surface area (Å²) in [6.45, 7) is 8.55. The Bertz CT molecular complexity index is 283. The van der Waals surface area contributed by atoms with E-state index in [1.807, 2.05) is 27.7 Å². The van der Waals surface area contributed by atoms with Crippen LogP contribution in [0.1, 0.15) is 34.1 Å². The standard InChI is InChI=1S/C11H21N3O2/c1-8-5-6-13-9(12)7-14(8)10(15)16-11(2,3)4/h8H,5-7H2,1-4H3,(H2,12,13). The second-order valence-corrected chi connectivity index (χ2v) is 5.15. The fourth-order valence-electron chi connectivity index (χ4n) is 1.53. The first kappa shape index (κ1) is 12.8. The molecule has 2 N–H and O–H groups in total. The Hall–Kier alpha value is -1.26. The number of ether oxygens (including phenoxy) is 1. The van der Waals surface area contributed by atoms with Gasteiger partial charge in [0.05, 0.1) is 6.54 Å². The van der Waals surface area contributed by atoms with E-state index in [9.17, 15) is 4.79 Å². The van der Waals surface area contributed by atoms with E-state index >= 15 is 0 Å². The molecule has 0 aromatic carbocycles. The highest BCUT2D eigenvalue weighted by atomic mass is 16.6. The molecule has 5 heteroatoms. The lowest BCUT2D eigenvalue weighted by atomic mass is 10.2. The minimum Gasteiger partial charge on any atom is -0.444 e. The van der Waals surface area contributed by atoms with Crippen LogP contribution in [0.15, 0.2) is 0 Å². The molecule has 0 aromatic heterocycles. The first-order valence-corrected chi connectivity index (χ1v) is 5.60. The van der Waals surface area contributed by atoms with Crippen molar-refractivity contribution in [2.75, 3.05) is 13.1 Å². The molecule has 0 radical (unpaired) electrons. The predicted octanol–water partition coefficient (Wildman–Crippen LogP) is 1.58. The second kappa shape index (κ2) is 4.72. The SMILES string of the molecule is CC1CCNC(=N)CN1C(=O)OC(C)(C)C. The molecule has 1 saturated heterocycles. The number of amidine groups is 1. The molecule has 0 aliphatic carbocycles. The zero-order chi connectivity index (χ0) is 12.3. The Morgan fingerprint density at radius 1 is 1.56 bits per heavy atom. The molecule has 1 atom stereocenters. The minimum atomic E-state index is -0.487. The minimum absolute atomic E-state index is 0.102. The van der Waals surface area contributed by atoms with E-state index in [0.29, 0.717) is 12.4 Å². The first-order valence-electron chi connectivity index (χ1n) is 5.60. The molecule has 0 aromatic rings. The molecule has 92 valence electrons. The molecular formula is C11H21N3O2. The molecule has 1 amide bonds. The van der Waals surface area contributed by atoms with Crippen LogP contribution in [-0.4, -0.2) is 41.6 Å². The summed E-state index contributed by atoms with van der Waals surface area (Å²) in [5.41, 5.74) is -0.487. The fourth-order valence-corrected chi connectivity index (χ4v) is 1.53. The summed E-state index contributed by atoms with van der Waals surface area (Å²) in [5, 5.41) is 10.6. The zero-order valence-electron chi connectivity index (χ0n) is 10.5. The highest BCUT2D eigenvalue weighted by Crippen LogP contribution is 2.14. The maximum atomic E-state index is 11.9. The molecular weight excluding hydrogens is 206 g/mol. The molecule has 1 rings (SSSR count). The van der Waals surface area contributed by atoms with Gasteiger partial charge >= 0.3 is 6.09 Å². The molecule has 1 aliphatic heterocycles. The molecule has 1 aliphatic rings. The molecule has 1 fully saturated rings. The Morgan fingerprint density at radius 3 is 2.75 bits per heavy atom. The van der Waals surface area contributed by atoms with Crippen molar-refractivity contribution in [2.45, 2.75) is 45.8 Å². The van der Waals surface area contributed by atoms with Crippen molar-refractivity contribution in [1.29, 1.82) is 5.41 Å². The van der Waals surface area contributed by atoms with Gasteiger partial charge in [0.2, 0.25) is 0 Å². The van der Waals surface area contributed by atoms with Crippen LogP contribution in [0.25, 0.3) is 0 Å². The van der Waals surface area contributed by atoms with E-state index in [1.54, 1.807) is 4.90 Å². The lowest BCUT2D eigenvalue weighted by Crippen LogP contribution is -2.44. The van der Waals surface area contributed by atoms with Crippen LogP contribution >= 0.6 is 0 Å². The lowest BCUT2D eigenvalue weighted by molar-refractivity contribution is 0.0212. The number of rotatable bonds is 0. The van der Waals surface area contributed by atoms with Gasteiger partial charge in [-0.1, -0.05) is 0 Å². The van der Waals surface area contributed by atoms with Gasteiger partial charge in [0, 0.05) is 12.6 Å². The highest BCUT2D eigenvalue weighted by Gasteiger charge is 2.28. The van der Waals surface area contributed by atoms with Gasteiger partial charge in [-0.15, -0.1) is 0 Å². The molecule has 1 heterocycles. The number of nitrogens with zero attached hydrogens (tertiary/aromatic N) is 1. The Labute approximate surface area is 96.7 Å². The van der Waals surface area contributed by atoms with E-state index in [4.69, 9.17) is 10.1 Å². The maximum Gasteiger partial charge on any atom is 0.410 e. The molecule has 1 unspecified atom stereocenters. The Morgan fingerprint density at radius 2 is 2.19 bits per heavy atom. The van der Waals surface area contributed by atoms with Gasteiger partial charge in [0.25, 0.3) is 0 Å². The number of nitrogens with one attached hydrogen (secondary N) is 2. The quantitative estimate of drug-likeness (QED) is 0.660. The zero-order valence-corrected chi connectivity index (χ0v) is 10.5. The Kier molecular flexibility index (Phi) is 3.78. The summed E-state index contributed by atoms with van der Waals surface area (Å²) in [6.07, 6.45) is 0.496. The predicted molar refractivity (Wildman–Crippen MR) is 62.7 cm³/mol. The lowest BCUT2D eigenvalue weighted by Gasteiger charge is -2.29. The number of hydrogen-bond donors (Lipinski definition) is 2. The van der Waals surface area contributed by atoms with Crippen LogP contribution < -0.4 is 5.32 Å². The molecule has 0 spiro atoms. The third-order valence-electron chi connectivity index (χ3n) is 2.39. The van der Waals surface area contributed by atoms with Gasteiger partial charge in [-0.05, 0) is 34.1 Å². The van der Waals surface area contributed by atoms with Crippen LogP contribution in [-0.2, 0) is 4.74 Å². The third kappa shape index (κ3) is 3.72. The van der Waals surface area contributed by atoms with Crippen molar-refractivity contribution in [2.24, 2.45) is 0 Å².